The fourth-order valence-corrected chi connectivity index (χ4v) is 5.82. The van der Waals surface area contributed by atoms with E-state index in [0.29, 0.717) is 5.92 Å². The Bertz CT molecular complexity index is 1180. The first kappa shape index (κ1) is 20.1. The maximum Gasteiger partial charge on any atom is 0.267 e. The zero-order valence-electron chi connectivity index (χ0n) is 18.0. The molecule has 2 aliphatic rings. The molecule has 1 aliphatic heterocycles. The minimum atomic E-state index is 0.0892. The zero-order valence-corrected chi connectivity index (χ0v) is 18.8. The molecule has 2 atom stereocenters. The summed E-state index contributed by atoms with van der Waals surface area (Å²) in [4.78, 5) is 21.3. The van der Waals surface area contributed by atoms with Crippen LogP contribution in [0.25, 0.3) is 17.0 Å². The Morgan fingerprint density at radius 1 is 1.03 bits per heavy atom. The van der Waals surface area contributed by atoms with E-state index < -0.39 is 0 Å². The summed E-state index contributed by atoms with van der Waals surface area (Å²) in [5.74, 6) is 0.572. The number of rotatable bonds is 3. The first-order valence-electron chi connectivity index (χ1n) is 11.0. The van der Waals surface area contributed by atoms with Crippen LogP contribution in [-0.2, 0) is 11.8 Å². The molecule has 0 bridgehead atoms. The van der Waals surface area contributed by atoms with Crippen LogP contribution in [0.4, 0.5) is 5.69 Å². The van der Waals surface area contributed by atoms with Crippen LogP contribution in [0.15, 0.2) is 70.7 Å². The van der Waals surface area contributed by atoms with Crippen molar-refractivity contribution >= 4 is 45.5 Å². The lowest BCUT2D eigenvalue weighted by molar-refractivity contribution is -0.124. The third-order valence-electron chi connectivity index (χ3n) is 6.43. The van der Waals surface area contributed by atoms with Gasteiger partial charge in [-0.05, 0) is 54.8 Å². The van der Waals surface area contributed by atoms with Gasteiger partial charge in [0.05, 0.1) is 10.6 Å². The number of nitrogens with zero attached hydrogens (tertiary/aromatic N) is 3. The van der Waals surface area contributed by atoms with Crippen LogP contribution < -0.4 is 0 Å². The standard InChI is InChI=1S/C26H27N3OS/c1-18-10-6-8-14-22(18)29-25(30)24(31-26(29)27-20-11-4-3-5-12-20)16-19-17-28(2)23-15-9-7-13-21(19)23/h3-5,7,9,11-13,15-18,22H,6,8,10,14H2,1-2H3/b24-16-,27-26?/t18-,22-/m0/s1. The first-order chi connectivity index (χ1) is 15.1. The van der Waals surface area contributed by atoms with E-state index in [-0.39, 0.29) is 11.9 Å². The second-order valence-electron chi connectivity index (χ2n) is 8.56. The van der Waals surface area contributed by atoms with Gasteiger partial charge in [-0.25, -0.2) is 4.99 Å². The monoisotopic (exact) mass is 429 g/mol. The van der Waals surface area contributed by atoms with Crippen LogP contribution in [0, 0.1) is 5.92 Å². The fraction of sp³-hybridized carbons (Fsp3) is 0.308. The second-order valence-corrected chi connectivity index (χ2v) is 9.57. The smallest absolute Gasteiger partial charge is 0.267 e. The lowest BCUT2D eigenvalue weighted by Crippen LogP contribution is -2.44. The molecular formula is C26H27N3OS. The minimum absolute atomic E-state index is 0.0892. The van der Waals surface area contributed by atoms with E-state index in [1.807, 2.05) is 60.5 Å². The van der Waals surface area contributed by atoms with Crippen LogP contribution >= 0.6 is 11.8 Å². The molecule has 5 heteroatoms. The normalized spacial score (nSPS) is 24.6. The Kier molecular flexibility index (Phi) is 5.45. The number of thioether (sulfide) groups is 1. The Morgan fingerprint density at radius 2 is 1.77 bits per heavy atom. The number of carbonyl (C=O) groups excluding carboxylic acids is 1. The van der Waals surface area contributed by atoms with Gasteiger partial charge < -0.3 is 4.57 Å². The molecule has 31 heavy (non-hydrogen) atoms. The molecule has 0 spiro atoms. The summed E-state index contributed by atoms with van der Waals surface area (Å²) in [5, 5.41) is 1.97. The summed E-state index contributed by atoms with van der Waals surface area (Å²) in [7, 11) is 2.05. The second kappa shape index (κ2) is 8.39. The predicted molar refractivity (Wildman–Crippen MR) is 130 cm³/mol. The number of hydrogen-bond donors (Lipinski definition) is 0. The van der Waals surface area contributed by atoms with Crippen molar-refractivity contribution in [3.05, 3.63) is 71.3 Å². The molecule has 4 nitrogen and oxygen atoms in total. The van der Waals surface area contributed by atoms with Gasteiger partial charge in [-0.3, -0.25) is 9.69 Å². The SMILES string of the molecule is C[C@H]1CCCC[C@@H]1N1C(=O)/C(=C/c2cn(C)c3ccccc23)SC1=Nc1ccccc1. The van der Waals surface area contributed by atoms with Gasteiger partial charge in [0.1, 0.15) is 0 Å². The number of para-hydroxylation sites is 2. The molecular weight excluding hydrogens is 402 g/mol. The van der Waals surface area contributed by atoms with Gasteiger partial charge in [0, 0.05) is 35.8 Å². The summed E-state index contributed by atoms with van der Waals surface area (Å²) >= 11 is 1.51. The number of aliphatic imine (C=N–C) groups is 1. The highest BCUT2D eigenvalue weighted by Gasteiger charge is 2.41. The van der Waals surface area contributed by atoms with E-state index in [1.165, 1.54) is 36.5 Å². The molecule has 3 aromatic rings. The topological polar surface area (TPSA) is 37.6 Å². The number of carbonyl (C=O) groups is 1. The van der Waals surface area contributed by atoms with E-state index in [1.54, 1.807) is 0 Å². The van der Waals surface area contributed by atoms with Crippen LogP contribution in [0.2, 0.25) is 0 Å². The zero-order chi connectivity index (χ0) is 21.4. The highest BCUT2D eigenvalue weighted by molar-refractivity contribution is 8.18. The number of hydrogen-bond acceptors (Lipinski definition) is 3. The number of fused-ring (bicyclic) bond motifs is 1. The number of aryl methyl sites for hydroxylation is 1. The molecule has 2 fully saturated rings. The van der Waals surface area contributed by atoms with Crippen molar-refractivity contribution in [3.8, 4) is 0 Å². The summed E-state index contributed by atoms with van der Waals surface area (Å²) in [6.07, 6.45) is 8.78. The molecule has 0 unspecified atom stereocenters. The number of amidine groups is 1. The van der Waals surface area contributed by atoms with Crippen molar-refractivity contribution in [3.63, 3.8) is 0 Å². The van der Waals surface area contributed by atoms with Crippen molar-refractivity contribution in [2.45, 2.75) is 38.6 Å². The lowest BCUT2D eigenvalue weighted by Gasteiger charge is -2.35. The van der Waals surface area contributed by atoms with E-state index in [4.69, 9.17) is 4.99 Å². The lowest BCUT2D eigenvalue weighted by atomic mass is 9.85. The molecule has 5 rings (SSSR count). The molecule has 2 aromatic carbocycles. The summed E-state index contributed by atoms with van der Waals surface area (Å²) in [6, 6.07) is 18.5. The van der Waals surface area contributed by atoms with Gasteiger partial charge in [0.25, 0.3) is 5.91 Å². The Labute approximate surface area is 187 Å². The summed E-state index contributed by atoms with van der Waals surface area (Å²) in [6.45, 7) is 2.27. The average Bonchev–Trinajstić information content (AvgIpc) is 3.26. The van der Waals surface area contributed by atoms with Crippen LogP contribution in [0.1, 0.15) is 38.2 Å². The van der Waals surface area contributed by atoms with Gasteiger partial charge >= 0.3 is 0 Å². The third-order valence-corrected chi connectivity index (χ3v) is 7.41. The van der Waals surface area contributed by atoms with E-state index in [0.717, 1.165) is 33.1 Å². The van der Waals surface area contributed by atoms with Crippen molar-refractivity contribution in [2.75, 3.05) is 0 Å². The minimum Gasteiger partial charge on any atom is -0.350 e. The van der Waals surface area contributed by atoms with Gasteiger partial charge in [0.2, 0.25) is 0 Å². The van der Waals surface area contributed by atoms with E-state index in [2.05, 4.69) is 29.8 Å². The van der Waals surface area contributed by atoms with Crippen LogP contribution in [0.3, 0.4) is 0 Å². The van der Waals surface area contributed by atoms with Gasteiger partial charge in [-0.15, -0.1) is 0 Å². The maximum atomic E-state index is 13.6. The van der Waals surface area contributed by atoms with Crippen LogP contribution in [-0.4, -0.2) is 26.6 Å². The van der Waals surface area contributed by atoms with Gasteiger partial charge in [0.15, 0.2) is 5.17 Å². The molecule has 0 N–H and O–H groups in total. The van der Waals surface area contributed by atoms with E-state index >= 15 is 0 Å². The van der Waals surface area contributed by atoms with Crippen molar-refractivity contribution in [1.82, 2.24) is 9.47 Å². The maximum absolute atomic E-state index is 13.6. The van der Waals surface area contributed by atoms with Crippen molar-refractivity contribution in [1.29, 1.82) is 0 Å². The molecule has 1 saturated carbocycles. The Hall–Kier alpha value is -2.79. The van der Waals surface area contributed by atoms with Crippen molar-refractivity contribution < 1.29 is 4.79 Å². The summed E-state index contributed by atoms with van der Waals surface area (Å²) < 4.78 is 2.12. The van der Waals surface area contributed by atoms with Gasteiger partial charge in [-0.1, -0.05) is 56.2 Å². The molecule has 2 heterocycles. The Balaban J connectivity index is 1.57. The highest BCUT2D eigenvalue weighted by Crippen LogP contribution is 2.40. The quantitative estimate of drug-likeness (QED) is 0.454. The van der Waals surface area contributed by atoms with Crippen LogP contribution in [0.5, 0.6) is 0 Å². The molecule has 158 valence electrons. The molecule has 1 aliphatic carbocycles. The number of benzene rings is 2. The molecule has 1 aromatic heterocycles. The summed E-state index contributed by atoms with van der Waals surface area (Å²) in [5.41, 5.74) is 3.13. The molecule has 1 saturated heterocycles. The predicted octanol–water partition coefficient (Wildman–Crippen LogP) is 6.36. The Morgan fingerprint density at radius 3 is 2.58 bits per heavy atom. The molecule has 1 amide bonds. The van der Waals surface area contributed by atoms with Gasteiger partial charge in [-0.2, -0.15) is 0 Å². The highest BCUT2D eigenvalue weighted by atomic mass is 32.2. The van der Waals surface area contributed by atoms with Crippen molar-refractivity contribution in [2.24, 2.45) is 18.0 Å². The largest absolute Gasteiger partial charge is 0.350 e. The average molecular weight is 430 g/mol. The van der Waals surface area contributed by atoms with E-state index in [9.17, 15) is 4.79 Å². The molecule has 0 radical (unpaired) electrons. The number of aromatic nitrogens is 1. The third kappa shape index (κ3) is 3.83. The first-order valence-corrected chi connectivity index (χ1v) is 11.8. The fourth-order valence-electron chi connectivity index (χ4n) is 4.78. The number of amides is 1.